The quantitative estimate of drug-likeness (QED) is 0.759. The third kappa shape index (κ3) is 3.22. The molecule has 2 aromatic heterocycles. The molecular formula is C19H21ClN4O. The second kappa shape index (κ2) is 6.65. The number of nitrogens with one attached hydrogen (secondary N) is 1. The Hall–Kier alpha value is -2.11. The Kier molecular flexibility index (Phi) is 4.36. The van der Waals surface area contributed by atoms with Crippen LogP contribution in [0.15, 0.2) is 30.3 Å². The first-order valence-electron chi connectivity index (χ1n) is 8.60. The monoisotopic (exact) mass is 356 g/mol. The zero-order chi connectivity index (χ0) is 17.4. The van der Waals surface area contributed by atoms with E-state index in [0.717, 1.165) is 65.0 Å². The van der Waals surface area contributed by atoms with Crippen LogP contribution in [0, 0.1) is 13.8 Å². The predicted molar refractivity (Wildman–Crippen MR) is 100 cm³/mol. The van der Waals surface area contributed by atoms with Crippen LogP contribution in [0.3, 0.4) is 0 Å². The van der Waals surface area contributed by atoms with Gasteiger partial charge in [0.1, 0.15) is 5.82 Å². The molecule has 25 heavy (non-hydrogen) atoms. The van der Waals surface area contributed by atoms with Gasteiger partial charge < -0.3 is 10.1 Å². The summed E-state index contributed by atoms with van der Waals surface area (Å²) in [6, 6.07) is 9.84. The average Bonchev–Trinajstić information content (AvgIpc) is 3.21. The largest absolute Gasteiger partial charge is 0.376 e. The molecule has 0 radical (unpaired) electrons. The molecular weight excluding hydrogens is 336 g/mol. The number of fused-ring (bicyclic) bond motifs is 1. The molecule has 1 N–H and O–H groups in total. The molecule has 0 saturated carbocycles. The van der Waals surface area contributed by atoms with E-state index in [4.69, 9.17) is 26.4 Å². The highest BCUT2D eigenvalue weighted by atomic mass is 35.5. The highest BCUT2D eigenvalue weighted by molar-refractivity contribution is 6.30. The van der Waals surface area contributed by atoms with Crippen molar-refractivity contribution in [2.45, 2.75) is 32.8 Å². The first-order valence-corrected chi connectivity index (χ1v) is 8.98. The molecule has 1 atom stereocenters. The van der Waals surface area contributed by atoms with Gasteiger partial charge in [-0.15, -0.1) is 0 Å². The van der Waals surface area contributed by atoms with Gasteiger partial charge in [0.05, 0.1) is 11.8 Å². The van der Waals surface area contributed by atoms with Crippen molar-refractivity contribution in [1.29, 1.82) is 0 Å². The van der Waals surface area contributed by atoms with Crippen molar-refractivity contribution in [2.75, 3.05) is 18.5 Å². The Morgan fingerprint density at radius 1 is 1.28 bits per heavy atom. The fraction of sp³-hybridized carbons (Fsp3) is 0.368. The van der Waals surface area contributed by atoms with Gasteiger partial charge in [0.2, 0.25) is 0 Å². The third-order valence-corrected chi connectivity index (χ3v) is 4.81. The van der Waals surface area contributed by atoms with Crippen molar-refractivity contribution in [3.8, 4) is 11.1 Å². The first kappa shape index (κ1) is 16.4. The second-order valence-electron chi connectivity index (χ2n) is 6.50. The van der Waals surface area contributed by atoms with Crippen LogP contribution in [0.5, 0.6) is 0 Å². The molecule has 130 valence electrons. The van der Waals surface area contributed by atoms with E-state index in [1.807, 2.05) is 48.7 Å². The first-order chi connectivity index (χ1) is 12.1. The van der Waals surface area contributed by atoms with Gasteiger partial charge in [0.15, 0.2) is 5.65 Å². The maximum absolute atomic E-state index is 6.03. The van der Waals surface area contributed by atoms with E-state index in [9.17, 15) is 0 Å². The van der Waals surface area contributed by atoms with Gasteiger partial charge in [0, 0.05) is 35.5 Å². The molecule has 3 aromatic rings. The van der Waals surface area contributed by atoms with Gasteiger partial charge in [-0.1, -0.05) is 23.7 Å². The summed E-state index contributed by atoms with van der Waals surface area (Å²) < 4.78 is 7.60. The zero-order valence-corrected chi connectivity index (χ0v) is 15.2. The Balaban J connectivity index is 1.75. The van der Waals surface area contributed by atoms with Gasteiger partial charge in [-0.2, -0.15) is 9.61 Å². The minimum Gasteiger partial charge on any atom is -0.376 e. The van der Waals surface area contributed by atoms with E-state index in [-0.39, 0.29) is 6.10 Å². The minimum absolute atomic E-state index is 0.274. The third-order valence-electron chi connectivity index (χ3n) is 4.56. The van der Waals surface area contributed by atoms with E-state index in [1.54, 1.807) is 0 Å². The molecule has 1 saturated heterocycles. The summed E-state index contributed by atoms with van der Waals surface area (Å²) in [5, 5.41) is 8.93. The molecule has 1 aliphatic heterocycles. The summed E-state index contributed by atoms with van der Waals surface area (Å²) in [5.41, 5.74) is 4.87. The van der Waals surface area contributed by atoms with E-state index in [1.165, 1.54) is 0 Å². The highest BCUT2D eigenvalue weighted by Crippen LogP contribution is 2.30. The van der Waals surface area contributed by atoms with Crippen molar-refractivity contribution in [2.24, 2.45) is 0 Å². The van der Waals surface area contributed by atoms with Gasteiger partial charge >= 0.3 is 0 Å². The number of anilines is 1. The second-order valence-corrected chi connectivity index (χ2v) is 6.94. The van der Waals surface area contributed by atoms with Gasteiger partial charge in [-0.25, -0.2) is 4.98 Å². The van der Waals surface area contributed by atoms with Crippen molar-refractivity contribution in [3.05, 3.63) is 46.7 Å². The summed E-state index contributed by atoms with van der Waals surface area (Å²) in [5.74, 6) is 0.946. The molecule has 4 rings (SSSR count). The van der Waals surface area contributed by atoms with Crippen molar-refractivity contribution in [3.63, 3.8) is 0 Å². The fourth-order valence-corrected chi connectivity index (χ4v) is 3.47. The summed E-state index contributed by atoms with van der Waals surface area (Å²) in [7, 11) is 0. The lowest BCUT2D eigenvalue weighted by Crippen LogP contribution is -2.20. The highest BCUT2D eigenvalue weighted by Gasteiger charge is 2.18. The van der Waals surface area contributed by atoms with Crippen LogP contribution < -0.4 is 5.32 Å². The summed E-state index contributed by atoms with van der Waals surface area (Å²) in [6.07, 6.45) is 2.52. The normalized spacial score (nSPS) is 17.3. The number of aryl methyl sites for hydroxylation is 2. The van der Waals surface area contributed by atoms with Gasteiger partial charge in [-0.05, 0) is 44.4 Å². The number of rotatable bonds is 4. The topological polar surface area (TPSA) is 51.5 Å². The molecule has 0 spiro atoms. The number of nitrogens with zero attached hydrogens (tertiary/aromatic N) is 3. The van der Waals surface area contributed by atoms with E-state index in [2.05, 4.69) is 5.32 Å². The van der Waals surface area contributed by atoms with E-state index < -0.39 is 0 Å². The summed E-state index contributed by atoms with van der Waals surface area (Å²) in [4.78, 5) is 4.73. The van der Waals surface area contributed by atoms with Gasteiger partial charge in [-0.3, -0.25) is 0 Å². The van der Waals surface area contributed by atoms with Crippen LogP contribution in [-0.2, 0) is 4.74 Å². The van der Waals surface area contributed by atoms with E-state index >= 15 is 0 Å². The molecule has 0 bridgehead atoms. The summed E-state index contributed by atoms with van der Waals surface area (Å²) in [6.45, 7) is 5.66. The lowest BCUT2D eigenvalue weighted by molar-refractivity contribution is 0.120. The van der Waals surface area contributed by atoms with Crippen LogP contribution in [0.1, 0.15) is 24.2 Å². The molecule has 3 heterocycles. The number of halogens is 1. The number of hydrogen-bond donors (Lipinski definition) is 1. The number of aromatic nitrogens is 3. The summed E-state index contributed by atoms with van der Waals surface area (Å²) >= 11 is 6.03. The lowest BCUT2D eigenvalue weighted by atomic mass is 10.1. The van der Waals surface area contributed by atoms with Crippen molar-refractivity contribution in [1.82, 2.24) is 14.6 Å². The molecule has 1 unspecified atom stereocenters. The smallest absolute Gasteiger partial charge is 0.165 e. The Bertz CT molecular complexity index is 898. The Labute approximate surface area is 152 Å². The minimum atomic E-state index is 0.274. The number of hydrogen-bond acceptors (Lipinski definition) is 4. The molecule has 5 nitrogen and oxygen atoms in total. The molecule has 6 heteroatoms. The molecule has 0 aliphatic carbocycles. The van der Waals surface area contributed by atoms with Crippen LogP contribution in [0.25, 0.3) is 16.8 Å². The van der Waals surface area contributed by atoms with Crippen LogP contribution in [0.4, 0.5) is 5.82 Å². The van der Waals surface area contributed by atoms with Crippen LogP contribution in [0.2, 0.25) is 5.02 Å². The van der Waals surface area contributed by atoms with Crippen LogP contribution in [-0.4, -0.2) is 33.9 Å². The molecule has 1 fully saturated rings. The van der Waals surface area contributed by atoms with Crippen molar-refractivity contribution >= 4 is 23.1 Å². The van der Waals surface area contributed by atoms with Gasteiger partial charge in [0.25, 0.3) is 0 Å². The Morgan fingerprint density at radius 3 is 2.80 bits per heavy atom. The molecule has 1 aromatic carbocycles. The van der Waals surface area contributed by atoms with Crippen molar-refractivity contribution < 1.29 is 4.74 Å². The zero-order valence-electron chi connectivity index (χ0n) is 14.4. The molecule has 0 amide bonds. The Morgan fingerprint density at radius 2 is 2.08 bits per heavy atom. The maximum Gasteiger partial charge on any atom is 0.165 e. The lowest BCUT2D eigenvalue weighted by Gasteiger charge is -2.13. The standard InChI is InChI=1S/C19H21ClN4O/c1-12-10-17(21-11-16-4-3-9-25-16)24-19(22-12)18(13(2)23-24)14-5-7-15(20)8-6-14/h5-8,10,16,21H,3-4,9,11H2,1-2H3. The van der Waals surface area contributed by atoms with E-state index in [0.29, 0.717) is 0 Å². The maximum atomic E-state index is 6.03. The fourth-order valence-electron chi connectivity index (χ4n) is 3.35. The predicted octanol–water partition coefficient (Wildman–Crippen LogP) is 4.26. The number of ether oxygens (including phenoxy) is 1. The SMILES string of the molecule is Cc1cc(NCC2CCCO2)n2nc(C)c(-c3ccc(Cl)cc3)c2n1. The molecule has 1 aliphatic rings. The average molecular weight is 357 g/mol. The van der Waals surface area contributed by atoms with Crippen LogP contribution >= 0.6 is 11.6 Å². The number of benzene rings is 1.